The van der Waals surface area contributed by atoms with Gasteiger partial charge in [0.25, 0.3) is 5.91 Å². The average molecular weight is 413 g/mol. The smallest absolute Gasteiger partial charge is 0.323 e. The summed E-state index contributed by atoms with van der Waals surface area (Å²) in [4.78, 5) is 38.4. The van der Waals surface area contributed by atoms with Crippen molar-refractivity contribution in [2.24, 2.45) is 0 Å². The predicted molar refractivity (Wildman–Crippen MR) is 106 cm³/mol. The van der Waals surface area contributed by atoms with E-state index >= 15 is 0 Å². The van der Waals surface area contributed by atoms with Crippen LogP contribution in [0.5, 0.6) is 0 Å². The number of nitrogens with zero attached hydrogens (tertiary/aromatic N) is 1. The van der Waals surface area contributed by atoms with Gasteiger partial charge >= 0.3 is 6.03 Å². The molecule has 2 aromatic rings. The highest BCUT2D eigenvalue weighted by molar-refractivity contribution is 6.07. The molecule has 6 nitrogen and oxygen atoms in total. The number of imide groups is 1. The third-order valence-corrected chi connectivity index (χ3v) is 5.67. The number of carbonyl (C=O) groups is 3. The molecule has 2 N–H and O–H groups in total. The van der Waals surface area contributed by atoms with Crippen molar-refractivity contribution in [1.82, 2.24) is 10.2 Å². The lowest BCUT2D eigenvalue weighted by Gasteiger charge is -2.20. The summed E-state index contributed by atoms with van der Waals surface area (Å²) in [5.41, 5.74) is -0.223. The van der Waals surface area contributed by atoms with Crippen LogP contribution in [0.2, 0.25) is 0 Å². The molecule has 30 heavy (non-hydrogen) atoms. The summed E-state index contributed by atoms with van der Waals surface area (Å²) >= 11 is 0. The first-order chi connectivity index (χ1) is 14.4. The molecular weight excluding hydrogens is 392 g/mol. The van der Waals surface area contributed by atoms with E-state index in [0.29, 0.717) is 24.5 Å². The Balaban J connectivity index is 1.47. The molecule has 2 fully saturated rings. The van der Waals surface area contributed by atoms with E-state index in [1.54, 1.807) is 30.3 Å². The number of hydrogen-bond donors (Lipinski definition) is 2. The van der Waals surface area contributed by atoms with E-state index in [0.717, 1.165) is 23.8 Å². The van der Waals surface area contributed by atoms with Crippen molar-refractivity contribution in [3.8, 4) is 11.1 Å². The number of urea groups is 1. The largest absolute Gasteiger partial charge is 0.325 e. The molecule has 8 heteroatoms. The minimum absolute atomic E-state index is 0.109. The Bertz CT molecular complexity index is 1000. The van der Waals surface area contributed by atoms with E-state index in [4.69, 9.17) is 0 Å². The van der Waals surface area contributed by atoms with E-state index in [2.05, 4.69) is 10.6 Å². The predicted octanol–water partition coefficient (Wildman–Crippen LogP) is 3.83. The van der Waals surface area contributed by atoms with Crippen LogP contribution < -0.4 is 10.6 Å². The molecule has 1 aliphatic heterocycles. The molecule has 1 saturated heterocycles. The van der Waals surface area contributed by atoms with E-state index in [9.17, 15) is 23.2 Å². The normalized spacial score (nSPS) is 17.5. The lowest BCUT2D eigenvalue weighted by molar-refractivity contribution is -0.131. The van der Waals surface area contributed by atoms with Crippen LogP contribution in [0.4, 0.5) is 19.3 Å². The van der Waals surface area contributed by atoms with Crippen molar-refractivity contribution in [3.63, 3.8) is 0 Å². The van der Waals surface area contributed by atoms with E-state index in [-0.39, 0.29) is 30.1 Å². The van der Waals surface area contributed by atoms with Crippen LogP contribution in [0.3, 0.4) is 0 Å². The number of amides is 4. The second-order valence-corrected chi connectivity index (χ2v) is 7.65. The monoisotopic (exact) mass is 413 g/mol. The van der Waals surface area contributed by atoms with Gasteiger partial charge < -0.3 is 10.6 Å². The van der Waals surface area contributed by atoms with Crippen LogP contribution in [-0.4, -0.2) is 34.8 Å². The van der Waals surface area contributed by atoms with Gasteiger partial charge in [0.1, 0.15) is 17.2 Å². The number of hydrogen-bond acceptors (Lipinski definition) is 3. The fourth-order valence-electron chi connectivity index (χ4n) is 4.16. The van der Waals surface area contributed by atoms with Crippen LogP contribution in [0.25, 0.3) is 11.1 Å². The molecule has 2 aliphatic rings. The maximum Gasteiger partial charge on any atom is 0.325 e. The lowest BCUT2D eigenvalue weighted by Crippen LogP contribution is -2.44. The zero-order valence-corrected chi connectivity index (χ0v) is 16.2. The zero-order valence-electron chi connectivity index (χ0n) is 16.2. The van der Waals surface area contributed by atoms with Gasteiger partial charge in [0.2, 0.25) is 5.91 Å². The Labute approximate surface area is 172 Å². The summed E-state index contributed by atoms with van der Waals surface area (Å²) in [6, 6.07) is 9.91. The Morgan fingerprint density at radius 3 is 2.50 bits per heavy atom. The van der Waals surface area contributed by atoms with Gasteiger partial charge in [-0.1, -0.05) is 43.2 Å². The van der Waals surface area contributed by atoms with Crippen molar-refractivity contribution in [2.45, 2.75) is 37.6 Å². The van der Waals surface area contributed by atoms with E-state index in [1.807, 2.05) is 0 Å². The molecule has 4 amide bonds. The molecule has 1 saturated carbocycles. The maximum atomic E-state index is 14.4. The topological polar surface area (TPSA) is 78.5 Å². The lowest BCUT2D eigenvalue weighted by atomic mass is 9.98. The Morgan fingerprint density at radius 2 is 1.80 bits per heavy atom. The second kappa shape index (κ2) is 7.85. The van der Waals surface area contributed by atoms with Gasteiger partial charge in [-0.05, 0) is 24.5 Å². The Kier molecular flexibility index (Phi) is 5.24. The Morgan fingerprint density at radius 1 is 1.10 bits per heavy atom. The van der Waals surface area contributed by atoms with Gasteiger partial charge in [-0.25, -0.2) is 13.6 Å². The first kappa shape index (κ1) is 20.0. The minimum atomic E-state index is -0.901. The highest BCUT2D eigenvalue weighted by Gasteiger charge is 2.52. The molecule has 4 rings (SSSR count). The van der Waals surface area contributed by atoms with Gasteiger partial charge in [-0.2, -0.15) is 0 Å². The van der Waals surface area contributed by atoms with Crippen molar-refractivity contribution in [3.05, 3.63) is 54.1 Å². The molecule has 1 spiro atoms. The van der Waals surface area contributed by atoms with Gasteiger partial charge in [0.05, 0.1) is 5.69 Å². The van der Waals surface area contributed by atoms with Crippen molar-refractivity contribution >= 4 is 23.5 Å². The van der Waals surface area contributed by atoms with Gasteiger partial charge in [0.15, 0.2) is 0 Å². The molecule has 1 heterocycles. The number of benzene rings is 2. The van der Waals surface area contributed by atoms with Crippen LogP contribution in [0.1, 0.15) is 32.1 Å². The number of nitrogens with one attached hydrogen (secondary N) is 2. The standard InChI is InChI=1S/C22H21F2N3O3/c23-15-12-16(14-6-2-1-3-7-14)19(17(24)13-15)25-18(28)8-11-27-20(29)22(26-21(27)30)9-4-5-10-22/h1-3,6-7,12-13H,4-5,8-11H2,(H,25,28)(H,26,30). The third kappa shape index (κ3) is 3.65. The molecule has 1 aliphatic carbocycles. The number of anilines is 1. The van der Waals surface area contributed by atoms with Gasteiger partial charge in [0, 0.05) is 24.6 Å². The molecule has 2 aromatic carbocycles. The van der Waals surface area contributed by atoms with Crippen LogP contribution >= 0.6 is 0 Å². The Hall–Kier alpha value is -3.29. The van der Waals surface area contributed by atoms with Gasteiger partial charge in [-0.15, -0.1) is 0 Å². The summed E-state index contributed by atoms with van der Waals surface area (Å²) in [6.45, 7) is -0.109. The van der Waals surface area contributed by atoms with Crippen LogP contribution in [0, 0.1) is 11.6 Å². The highest BCUT2D eigenvalue weighted by Crippen LogP contribution is 2.35. The van der Waals surface area contributed by atoms with E-state index in [1.165, 1.54) is 0 Å². The number of halogens is 2. The van der Waals surface area contributed by atoms with Crippen LogP contribution in [0.15, 0.2) is 42.5 Å². The molecule has 0 unspecified atom stereocenters. The summed E-state index contributed by atoms with van der Waals surface area (Å²) in [5, 5.41) is 5.22. The number of carbonyl (C=O) groups excluding carboxylic acids is 3. The number of rotatable bonds is 5. The van der Waals surface area contributed by atoms with Gasteiger partial charge in [-0.3, -0.25) is 14.5 Å². The third-order valence-electron chi connectivity index (χ3n) is 5.67. The SMILES string of the molecule is O=C(CCN1C(=O)NC2(CCCC2)C1=O)Nc1c(F)cc(F)cc1-c1ccccc1. The summed E-state index contributed by atoms with van der Waals surface area (Å²) in [5.74, 6) is -2.55. The summed E-state index contributed by atoms with van der Waals surface area (Å²) in [7, 11) is 0. The minimum Gasteiger partial charge on any atom is -0.323 e. The maximum absolute atomic E-state index is 14.4. The molecule has 0 atom stereocenters. The summed E-state index contributed by atoms with van der Waals surface area (Å²) in [6.07, 6.45) is 2.74. The fourth-order valence-corrected chi connectivity index (χ4v) is 4.16. The highest BCUT2D eigenvalue weighted by atomic mass is 19.1. The molecule has 0 bridgehead atoms. The van der Waals surface area contributed by atoms with Crippen LogP contribution in [-0.2, 0) is 9.59 Å². The quantitative estimate of drug-likeness (QED) is 0.732. The second-order valence-electron chi connectivity index (χ2n) is 7.65. The first-order valence-corrected chi connectivity index (χ1v) is 9.88. The van der Waals surface area contributed by atoms with Crippen molar-refractivity contribution in [2.75, 3.05) is 11.9 Å². The molecular formula is C22H21F2N3O3. The van der Waals surface area contributed by atoms with E-state index < -0.39 is 29.1 Å². The summed E-state index contributed by atoms with van der Waals surface area (Å²) < 4.78 is 28.2. The first-order valence-electron chi connectivity index (χ1n) is 9.88. The molecule has 0 aromatic heterocycles. The zero-order chi connectivity index (χ0) is 21.3. The molecule has 0 radical (unpaired) electrons. The average Bonchev–Trinajstić information content (AvgIpc) is 3.28. The molecule has 156 valence electrons. The van der Waals surface area contributed by atoms with Crippen molar-refractivity contribution < 1.29 is 23.2 Å². The van der Waals surface area contributed by atoms with Crippen molar-refractivity contribution in [1.29, 1.82) is 0 Å². The fraction of sp³-hybridized carbons (Fsp3) is 0.318.